The van der Waals surface area contributed by atoms with E-state index in [1.807, 2.05) is 42.5 Å². The molecule has 0 aromatic heterocycles. The number of hydrogen-bond acceptors (Lipinski definition) is 1. The molecule has 19 heavy (non-hydrogen) atoms. The molecule has 0 unspecified atom stereocenters. The molecule has 0 spiro atoms. The molecular weight excluding hydrogens is 260 g/mol. The minimum Gasteiger partial charge on any atom is -0.478 e. The molecule has 0 saturated carbocycles. The third kappa shape index (κ3) is 3.97. The van der Waals surface area contributed by atoms with Crippen molar-refractivity contribution in [1.82, 2.24) is 0 Å². The van der Waals surface area contributed by atoms with E-state index in [0.717, 1.165) is 22.3 Å². The van der Waals surface area contributed by atoms with Gasteiger partial charge in [-0.05, 0) is 29.2 Å². The fourth-order valence-corrected chi connectivity index (χ4v) is 1.82. The number of aliphatic carboxylic acids is 1. The zero-order chi connectivity index (χ0) is 13.0. The van der Waals surface area contributed by atoms with E-state index in [9.17, 15) is 4.79 Å². The van der Waals surface area contributed by atoms with E-state index in [1.54, 1.807) is 6.92 Å². The van der Waals surface area contributed by atoms with E-state index in [0.29, 0.717) is 0 Å². The Hall–Kier alpha value is -2.06. The Morgan fingerprint density at radius 1 is 0.947 bits per heavy atom. The monoisotopic (exact) mass is 274 g/mol. The largest absolute Gasteiger partial charge is 0.478 e. The minimum absolute atomic E-state index is 0. The Morgan fingerprint density at radius 3 is 2.00 bits per heavy atom. The van der Waals surface area contributed by atoms with E-state index in [4.69, 9.17) is 5.11 Å². The summed E-state index contributed by atoms with van der Waals surface area (Å²) >= 11 is 0. The summed E-state index contributed by atoms with van der Waals surface area (Å²) in [6.07, 6.45) is 1.22. The Morgan fingerprint density at radius 2 is 1.47 bits per heavy atom. The zero-order valence-corrected chi connectivity index (χ0v) is 11.4. The number of benzene rings is 2. The molecule has 2 aromatic carbocycles. The topological polar surface area (TPSA) is 37.3 Å². The lowest BCUT2D eigenvalue weighted by molar-refractivity contribution is -0.131. The van der Waals surface area contributed by atoms with Crippen LogP contribution >= 0.6 is 12.4 Å². The lowest BCUT2D eigenvalue weighted by Gasteiger charge is -2.04. The molecule has 98 valence electrons. The molecule has 0 heterocycles. The van der Waals surface area contributed by atoms with Gasteiger partial charge in [0.15, 0.2) is 0 Å². The lowest BCUT2D eigenvalue weighted by Crippen LogP contribution is -1.90. The summed E-state index contributed by atoms with van der Waals surface area (Å²) in [5.74, 6) is -0.917. The molecular formula is C16H15ClO2. The summed E-state index contributed by atoms with van der Waals surface area (Å²) in [6, 6.07) is 18.0. The average molecular weight is 275 g/mol. The highest BCUT2D eigenvalue weighted by Crippen LogP contribution is 2.22. The van der Waals surface area contributed by atoms with Crippen molar-refractivity contribution in [3.8, 4) is 11.1 Å². The van der Waals surface area contributed by atoms with Gasteiger partial charge < -0.3 is 5.11 Å². The van der Waals surface area contributed by atoms with Crippen LogP contribution in [0.25, 0.3) is 16.7 Å². The van der Waals surface area contributed by atoms with E-state index in [1.165, 1.54) is 6.08 Å². The predicted molar refractivity (Wildman–Crippen MR) is 80.4 cm³/mol. The minimum atomic E-state index is -0.917. The maximum absolute atomic E-state index is 10.6. The molecule has 3 heteroatoms. The standard InChI is InChI=1S/C16H14O2.ClH/c1-12(11-16(17)18)13-7-9-15(10-8-13)14-5-3-2-4-6-14;/h2-11H,1H3,(H,17,18);1H. The van der Waals surface area contributed by atoms with Crippen molar-refractivity contribution in [2.75, 3.05) is 0 Å². The normalized spacial score (nSPS) is 10.7. The number of halogens is 1. The van der Waals surface area contributed by atoms with Gasteiger partial charge in [0.1, 0.15) is 0 Å². The van der Waals surface area contributed by atoms with Crippen LogP contribution < -0.4 is 0 Å². The summed E-state index contributed by atoms with van der Waals surface area (Å²) in [5, 5.41) is 8.70. The third-order valence-electron chi connectivity index (χ3n) is 2.79. The maximum Gasteiger partial charge on any atom is 0.328 e. The average Bonchev–Trinajstić information content (AvgIpc) is 2.39. The van der Waals surface area contributed by atoms with Crippen LogP contribution in [0.5, 0.6) is 0 Å². The third-order valence-corrected chi connectivity index (χ3v) is 2.79. The number of carboxylic acids is 1. The maximum atomic E-state index is 10.6. The first-order chi connectivity index (χ1) is 8.66. The molecule has 2 rings (SSSR count). The number of allylic oxidation sites excluding steroid dienone is 1. The van der Waals surface area contributed by atoms with E-state index >= 15 is 0 Å². The van der Waals surface area contributed by atoms with Crippen LogP contribution in [0.1, 0.15) is 12.5 Å². The summed E-state index contributed by atoms with van der Waals surface area (Å²) in [7, 11) is 0. The van der Waals surface area contributed by atoms with Gasteiger partial charge >= 0.3 is 5.97 Å². The summed E-state index contributed by atoms with van der Waals surface area (Å²) in [6.45, 7) is 1.80. The van der Waals surface area contributed by atoms with E-state index in [2.05, 4.69) is 12.1 Å². The molecule has 1 N–H and O–H groups in total. The van der Waals surface area contributed by atoms with Crippen molar-refractivity contribution in [3.05, 3.63) is 66.2 Å². The molecule has 0 atom stereocenters. The first-order valence-electron chi connectivity index (χ1n) is 5.74. The number of carbonyl (C=O) groups is 1. The molecule has 0 amide bonds. The van der Waals surface area contributed by atoms with Crippen LogP contribution in [-0.2, 0) is 4.79 Å². The summed E-state index contributed by atoms with van der Waals surface area (Å²) in [4.78, 5) is 10.6. The Kier molecular flexibility index (Phi) is 5.34. The fourth-order valence-electron chi connectivity index (χ4n) is 1.82. The fraction of sp³-hybridized carbons (Fsp3) is 0.0625. The van der Waals surface area contributed by atoms with Gasteiger partial charge in [-0.1, -0.05) is 54.6 Å². The lowest BCUT2D eigenvalue weighted by atomic mass is 10.0. The van der Waals surface area contributed by atoms with Gasteiger partial charge in [0.2, 0.25) is 0 Å². The smallest absolute Gasteiger partial charge is 0.328 e. The molecule has 0 aliphatic carbocycles. The number of hydrogen-bond donors (Lipinski definition) is 1. The van der Waals surface area contributed by atoms with Gasteiger partial charge in [-0.3, -0.25) is 0 Å². The van der Waals surface area contributed by atoms with Crippen molar-refractivity contribution in [1.29, 1.82) is 0 Å². The highest BCUT2D eigenvalue weighted by Gasteiger charge is 2.00. The molecule has 0 radical (unpaired) electrons. The summed E-state index contributed by atoms with van der Waals surface area (Å²) in [5.41, 5.74) is 3.96. The highest BCUT2D eigenvalue weighted by atomic mass is 35.5. The molecule has 0 bridgehead atoms. The van der Waals surface area contributed by atoms with Gasteiger partial charge in [0.05, 0.1) is 0 Å². The second kappa shape index (κ2) is 6.76. The number of rotatable bonds is 3. The van der Waals surface area contributed by atoms with Gasteiger partial charge in [-0.15, -0.1) is 12.4 Å². The highest BCUT2D eigenvalue weighted by molar-refractivity contribution is 5.89. The summed E-state index contributed by atoms with van der Waals surface area (Å²) < 4.78 is 0. The van der Waals surface area contributed by atoms with Crippen molar-refractivity contribution in [3.63, 3.8) is 0 Å². The molecule has 0 aliphatic rings. The Labute approximate surface area is 118 Å². The van der Waals surface area contributed by atoms with Crippen LogP contribution in [-0.4, -0.2) is 11.1 Å². The van der Waals surface area contributed by atoms with Crippen molar-refractivity contribution < 1.29 is 9.90 Å². The van der Waals surface area contributed by atoms with Crippen LogP contribution in [0.3, 0.4) is 0 Å². The molecule has 0 fully saturated rings. The number of carboxylic acid groups (broad SMARTS) is 1. The molecule has 2 nitrogen and oxygen atoms in total. The van der Waals surface area contributed by atoms with E-state index in [-0.39, 0.29) is 12.4 Å². The first-order valence-corrected chi connectivity index (χ1v) is 5.74. The first kappa shape index (κ1) is 15.0. The van der Waals surface area contributed by atoms with Crippen molar-refractivity contribution in [2.24, 2.45) is 0 Å². The molecule has 2 aromatic rings. The van der Waals surface area contributed by atoms with Crippen molar-refractivity contribution >= 4 is 23.9 Å². The van der Waals surface area contributed by atoms with Gasteiger partial charge in [0.25, 0.3) is 0 Å². The van der Waals surface area contributed by atoms with Crippen LogP contribution in [0.2, 0.25) is 0 Å². The SMILES string of the molecule is CC(=CC(=O)O)c1ccc(-c2ccccc2)cc1.Cl. The predicted octanol–water partition coefficient (Wildman–Crippen LogP) is 4.26. The van der Waals surface area contributed by atoms with Gasteiger partial charge in [-0.25, -0.2) is 4.79 Å². The Bertz CT molecular complexity index is 571. The van der Waals surface area contributed by atoms with E-state index < -0.39 is 5.97 Å². The Balaban J connectivity index is 0.00000180. The van der Waals surface area contributed by atoms with Crippen LogP contribution in [0.4, 0.5) is 0 Å². The zero-order valence-electron chi connectivity index (χ0n) is 10.5. The van der Waals surface area contributed by atoms with Crippen molar-refractivity contribution in [2.45, 2.75) is 6.92 Å². The second-order valence-electron chi connectivity index (χ2n) is 4.11. The quantitative estimate of drug-likeness (QED) is 0.849. The molecule has 0 aliphatic heterocycles. The second-order valence-corrected chi connectivity index (χ2v) is 4.11. The van der Waals surface area contributed by atoms with Crippen LogP contribution in [0, 0.1) is 0 Å². The van der Waals surface area contributed by atoms with Crippen LogP contribution in [0.15, 0.2) is 60.7 Å². The molecule has 0 saturated heterocycles. The van der Waals surface area contributed by atoms with Gasteiger partial charge in [0, 0.05) is 6.08 Å². The van der Waals surface area contributed by atoms with Gasteiger partial charge in [-0.2, -0.15) is 0 Å².